The summed E-state index contributed by atoms with van der Waals surface area (Å²) in [5.41, 5.74) is 2.06. The van der Waals surface area contributed by atoms with Crippen LogP contribution >= 0.6 is 15.9 Å². The Balaban J connectivity index is 1.83. The molecule has 1 saturated carbocycles. The van der Waals surface area contributed by atoms with E-state index < -0.39 is 5.97 Å². The van der Waals surface area contributed by atoms with Crippen molar-refractivity contribution in [2.75, 3.05) is 18.0 Å². The highest BCUT2D eigenvalue weighted by Gasteiger charge is 2.52. The molecular weight excluding hydrogens is 270 g/mol. The van der Waals surface area contributed by atoms with Crippen molar-refractivity contribution >= 4 is 27.6 Å². The van der Waals surface area contributed by atoms with Gasteiger partial charge in [0.05, 0.1) is 11.3 Å². The SMILES string of the molecule is O=C(O)c1ccc(N2CC3(CC3)C2)c(Br)c1. The zero-order chi connectivity index (χ0) is 11.3. The fourth-order valence-corrected chi connectivity index (χ4v) is 2.95. The monoisotopic (exact) mass is 281 g/mol. The van der Waals surface area contributed by atoms with Gasteiger partial charge in [-0.2, -0.15) is 0 Å². The second-order valence-corrected chi connectivity index (χ2v) is 5.68. The molecule has 0 amide bonds. The molecule has 84 valence electrons. The molecule has 1 N–H and O–H groups in total. The first-order valence-corrected chi connectivity index (χ1v) is 6.17. The molecule has 3 rings (SSSR count). The first-order chi connectivity index (χ1) is 7.60. The van der Waals surface area contributed by atoms with E-state index in [9.17, 15) is 4.79 Å². The molecule has 0 atom stereocenters. The van der Waals surface area contributed by atoms with Gasteiger partial charge in [0.1, 0.15) is 0 Å². The summed E-state index contributed by atoms with van der Waals surface area (Å²) in [6, 6.07) is 5.23. The number of nitrogens with zero attached hydrogens (tertiary/aromatic N) is 1. The molecule has 2 aliphatic rings. The zero-order valence-electron chi connectivity index (χ0n) is 8.74. The van der Waals surface area contributed by atoms with Gasteiger partial charge in [-0.3, -0.25) is 0 Å². The van der Waals surface area contributed by atoms with Crippen molar-refractivity contribution in [3.8, 4) is 0 Å². The first kappa shape index (κ1) is 10.1. The van der Waals surface area contributed by atoms with Crippen molar-refractivity contribution in [2.45, 2.75) is 12.8 Å². The van der Waals surface area contributed by atoms with Gasteiger partial charge >= 0.3 is 5.97 Å². The Morgan fingerprint density at radius 3 is 2.56 bits per heavy atom. The van der Waals surface area contributed by atoms with E-state index in [0.29, 0.717) is 11.0 Å². The Kier molecular flexibility index (Phi) is 2.05. The summed E-state index contributed by atoms with van der Waals surface area (Å²) < 4.78 is 0.878. The third kappa shape index (κ3) is 1.52. The van der Waals surface area contributed by atoms with Crippen LogP contribution in [0.3, 0.4) is 0 Å². The maximum absolute atomic E-state index is 10.8. The molecule has 4 heteroatoms. The highest BCUT2D eigenvalue weighted by molar-refractivity contribution is 9.10. The van der Waals surface area contributed by atoms with Crippen LogP contribution in [0.15, 0.2) is 22.7 Å². The first-order valence-electron chi connectivity index (χ1n) is 5.38. The third-order valence-corrected chi connectivity index (χ3v) is 4.18. The largest absolute Gasteiger partial charge is 0.478 e. The van der Waals surface area contributed by atoms with E-state index in [-0.39, 0.29) is 0 Å². The number of carboxylic acids is 1. The van der Waals surface area contributed by atoms with E-state index in [1.165, 1.54) is 12.8 Å². The van der Waals surface area contributed by atoms with E-state index in [2.05, 4.69) is 20.8 Å². The minimum Gasteiger partial charge on any atom is -0.478 e. The van der Waals surface area contributed by atoms with Crippen LogP contribution in [0.5, 0.6) is 0 Å². The molecule has 1 aliphatic heterocycles. The Morgan fingerprint density at radius 1 is 1.38 bits per heavy atom. The molecule has 0 unspecified atom stereocenters. The molecule has 1 saturated heterocycles. The lowest BCUT2D eigenvalue weighted by Crippen LogP contribution is -2.48. The van der Waals surface area contributed by atoms with Crippen molar-refractivity contribution in [3.05, 3.63) is 28.2 Å². The lowest BCUT2D eigenvalue weighted by molar-refractivity contribution is 0.0697. The topological polar surface area (TPSA) is 40.5 Å². The molecule has 0 bridgehead atoms. The van der Waals surface area contributed by atoms with Gasteiger partial charge in [-0.1, -0.05) is 0 Å². The van der Waals surface area contributed by atoms with Gasteiger partial charge in [0, 0.05) is 23.0 Å². The highest BCUT2D eigenvalue weighted by atomic mass is 79.9. The maximum Gasteiger partial charge on any atom is 0.335 e. The standard InChI is InChI=1S/C12H12BrNO2/c13-9-5-8(11(15)16)1-2-10(9)14-6-12(7-14)3-4-12/h1-2,5H,3-4,6-7H2,(H,15,16). The molecule has 1 aliphatic carbocycles. The van der Waals surface area contributed by atoms with Crippen LogP contribution in [0, 0.1) is 5.41 Å². The van der Waals surface area contributed by atoms with Crippen LogP contribution in [0.2, 0.25) is 0 Å². The number of benzene rings is 1. The van der Waals surface area contributed by atoms with Gasteiger partial charge in [0.25, 0.3) is 0 Å². The summed E-state index contributed by atoms with van der Waals surface area (Å²) in [5.74, 6) is -0.880. The number of halogens is 1. The second kappa shape index (κ2) is 3.23. The lowest BCUT2D eigenvalue weighted by Gasteiger charge is -2.42. The van der Waals surface area contributed by atoms with Gasteiger partial charge in [0.2, 0.25) is 0 Å². The van der Waals surface area contributed by atoms with E-state index in [1.807, 2.05) is 6.07 Å². The lowest BCUT2D eigenvalue weighted by atomic mass is 9.96. The Bertz CT molecular complexity index is 460. The zero-order valence-corrected chi connectivity index (χ0v) is 10.3. The summed E-state index contributed by atoms with van der Waals surface area (Å²) >= 11 is 3.44. The molecule has 2 fully saturated rings. The van der Waals surface area contributed by atoms with Crippen molar-refractivity contribution in [1.29, 1.82) is 0 Å². The van der Waals surface area contributed by atoms with Gasteiger partial charge < -0.3 is 10.0 Å². The minimum atomic E-state index is -0.880. The summed E-state index contributed by atoms with van der Waals surface area (Å²) in [6.45, 7) is 2.25. The molecule has 1 spiro atoms. The van der Waals surface area contributed by atoms with Gasteiger partial charge in [-0.15, -0.1) is 0 Å². The van der Waals surface area contributed by atoms with Crippen molar-refractivity contribution in [2.24, 2.45) is 5.41 Å². The molecule has 1 heterocycles. The molecule has 0 radical (unpaired) electrons. The fraction of sp³-hybridized carbons (Fsp3) is 0.417. The summed E-state index contributed by atoms with van der Waals surface area (Å²) in [7, 11) is 0. The Morgan fingerprint density at radius 2 is 2.06 bits per heavy atom. The predicted octanol–water partition coefficient (Wildman–Crippen LogP) is 2.75. The third-order valence-electron chi connectivity index (χ3n) is 3.54. The summed E-state index contributed by atoms with van der Waals surface area (Å²) in [5, 5.41) is 8.87. The van der Waals surface area contributed by atoms with Crippen LogP contribution in [0.4, 0.5) is 5.69 Å². The average molecular weight is 282 g/mol. The van der Waals surface area contributed by atoms with E-state index in [1.54, 1.807) is 12.1 Å². The van der Waals surface area contributed by atoms with Crippen molar-refractivity contribution < 1.29 is 9.90 Å². The molecule has 0 aromatic heterocycles. The van der Waals surface area contributed by atoms with Crippen LogP contribution in [-0.2, 0) is 0 Å². The van der Waals surface area contributed by atoms with E-state index in [0.717, 1.165) is 23.2 Å². The van der Waals surface area contributed by atoms with Gasteiger partial charge in [0.15, 0.2) is 0 Å². The van der Waals surface area contributed by atoms with E-state index >= 15 is 0 Å². The summed E-state index contributed by atoms with van der Waals surface area (Å²) in [6.07, 6.45) is 2.71. The second-order valence-electron chi connectivity index (χ2n) is 4.83. The molecule has 1 aromatic rings. The molecule has 16 heavy (non-hydrogen) atoms. The quantitative estimate of drug-likeness (QED) is 0.906. The number of rotatable bonds is 2. The summed E-state index contributed by atoms with van der Waals surface area (Å²) in [4.78, 5) is 13.1. The van der Waals surface area contributed by atoms with E-state index in [4.69, 9.17) is 5.11 Å². The molecular formula is C12H12BrNO2. The molecule has 3 nitrogen and oxygen atoms in total. The van der Waals surface area contributed by atoms with Crippen molar-refractivity contribution in [3.63, 3.8) is 0 Å². The normalized spacial score (nSPS) is 20.7. The maximum atomic E-state index is 10.8. The Hall–Kier alpha value is -1.03. The van der Waals surface area contributed by atoms with Crippen LogP contribution < -0.4 is 4.90 Å². The number of carbonyl (C=O) groups is 1. The smallest absolute Gasteiger partial charge is 0.335 e. The van der Waals surface area contributed by atoms with Crippen LogP contribution in [0.1, 0.15) is 23.2 Å². The van der Waals surface area contributed by atoms with Gasteiger partial charge in [-0.25, -0.2) is 4.79 Å². The van der Waals surface area contributed by atoms with Crippen LogP contribution in [-0.4, -0.2) is 24.2 Å². The fourth-order valence-electron chi connectivity index (χ4n) is 2.32. The van der Waals surface area contributed by atoms with Gasteiger partial charge in [-0.05, 0) is 47.0 Å². The average Bonchev–Trinajstić information content (AvgIpc) is 2.95. The number of anilines is 1. The number of hydrogen-bond donors (Lipinski definition) is 1. The predicted molar refractivity (Wildman–Crippen MR) is 65.0 cm³/mol. The van der Waals surface area contributed by atoms with Crippen LogP contribution in [0.25, 0.3) is 0 Å². The molecule has 1 aromatic carbocycles. The van der Waals surface area contributed by atoms with Crippen molar-refractivity contribution in [1.82, 2.24) is 0 Å². The highest BCUT2D eigenvalue weighted by Crippen LogP contribution is 2.54. The minimum absolute atomic E-state index is 0.331. The number of carboxylic acid groups (broad SMARTS) is 1. The Labute approximate surface area is 102 Å². The number of aromatic carboxylic acids is 1. The number of hydrogen-bond acceptors (Lipinski definition) is 2.